The van der Waals surface area contributed by atoms with Gasteiger partial charge in [0, 0.05) is 22.6 Å². The van der Waals surface area contributed by atoms with E-state index in [-0.39, 0.29) is 0 Å². The topological polar surface area (TPSA) is 28.8 Å². The second-order valence-electron chi connectivity index (χ2n) is 10.2. The Morgan fingerprint density at radius 2 is 1.63 bits per heavy atom. The number of allylic oxidation sites excluding steroid dienone is 4. The van der Waals surface area contributed by atoms with Gasteiger partial charge in [-0.1, -0.05) is 125 Å². The number of aromatic nitrogens is 1. The minimum Gasteiger partial charge on any atom is -0.308 e. The first-order valence-corrected chi connectivity index (χ1v) is 14.5. The lowest BCUT2D eigenvalue weighted by molar-refractivity contribution is 0.749. The second kappa shape index (κ2) is 11.8. The zero-order valence-corrected chi connectivity index (χ0v) is 24.5. The summed E-state index contributed by atoms with van der Waals surface area (Å²) < 4.78 is 2.48. The Morgan fingerprint density at radius 1 is 0.927 bits per heavy atom. The van der Waals surface area contributed by atoms with Crippen molar-refractivity contribution in [1.82, 2.24) is 4.57 Å². The first-order chi connectivity index (χ1) is 20.1. The number of rotatable bonds is 6. The van der Waals surface area contributed by atoms with Crippen LogP contribution in [0.1, 0.15) is 61.4 Å². The molecule has 0 saturated carbocycles. The lowest BCUT2D eigenvalue weighted by Gasteiger charge is -2.26. The average molecular weight is 535 g/mol. The Labute approximate surface area is 244 Å². The van der Waals surface area contributed by atoms with Crippen molar-refractivity contribution in [3.05, 3.63) is 132 Å². The van der Waals surface area contributed by atoms with Gasteiger partial charge in [0.15, 0.2) is 0 Å². The first kappa shape index (κ1) is 27.9. The fourth-order valence-corrected chi connectivity index (χ4v) is 6.31. The number of para-hydroxylation sites is 1. The van der Waals surface area contributed by atoms with E-state index in [9.17, 15) is 0 Å². The first-order valence-electron chi connectivity index (χ1n) is 14.5. The van der Waals surface area contributed by atoms with Gasteiger partial charge in [0.1, 0.15) is 0 Å². The molecule has 1 aromatic heterocycles. The van der Waals surface area contributed by atoms with Gasteiger partial charge in [0.2, 0.25) is 0 Å². The second-order valence-corrected chi connectivity index (χ2v) is 10.2. The Balaban J connectivity index is 0.00000165. The zero-order valence-electron chi connectivity index (χ0n) is 24.5. The Morgan fingerprint density at radius 3 is 2.32 bits per heavy atom. The molecule has 0 fully saturated rings. The summed E-state index contributed by atoms with van der Waals surface area (Å²) in [7, 11) is 0. The third-order valence-corrected chi connectivity index (χ3v) is 8.00. The van der Waals surface area contributed by atoms with E-state index in [1.807, 2.05) is 26.0 Å². The standard InChI is InChI=1S/C37H32N2.C2H6/c1-5-12-26-22-36(30-15-9-8-14-29(30)28(26)7-3)39-35-17-11-10-16-31(35)34-20-24(4)33-21-25(27(23-38)13-6-2)18-19-32(33)37(34)39;1-2/h5-19,21-24,38H,2-3,20H2,1,4H3;1-2H3/b12-5-,27-13+,38-23?;. The van der Waals surface area contributed by atoms with Crippen LogP contribution in [-0.2, 0) is 6.42 Å². The lowest BCUT2D eigenvalue weighted by Crippen LogP contribution is -2.11. The van der Waals surface area contributed by atoms with Crippen molar-refractivity contribution >= 4 is 45.6 Å². The molecule has 1 heterocycles. The van der Waals surface area contributed by atoms with Gasteiger partial charge in [0.05, 0.1) is 16.9 Å². The third kappa shape index (κ3) is 4.60. The number of nitrogens with zero attached hydrogens (tertiary/aromatic N) is 1. The minimum absolute atomic E-state index is 0.362. The molecule has 0 saturated heterocycles. The van der Waals surface area contributed by atoms with Crippen molar-refractivity contribution in [3.8, 4) is 16.9 Å². The summed E-state index contributed by atoms with van der Waals surface area (Å²) in [6.45, 7) is 16.4. The van der Waals surface area contributed by atoms with E-state index in [1.165, 1.54) is 56.0 Å². The van der Waals surface area contributed by atoms with Crippen LogP contribution in [0, 0.1) is 5.41 Å². The van der Waals surface area contributed by atoms with Gasteiger partial charge in [-0.15, -0.1) is 0 Å². The third-order valence-electron chi connectivity index (χ3n) is 8.00. The molecule has 0 aliphatic heterocycles. The van der Waals surface area contributed by atoms with Crippen LogP contribution in [-0.4, -0.2) is 10.8 Å². The SMILES string of the molecule is C=C/C=C(\C=N)c1ccc2c(c1)C(C)Cc1c-2n(-c2cc(/C=C\C)c(C=C)c3ccccc23)c2ccccc12.CC. The van der Waals surface area contributed by atoms with Crippen molar-refractivity contribution in [2.24, 2.45) is 0 Å². The molecule has 5 aromatic rings. The highest BCUT2D eigenvalue weighted by atomic mass is 15.0. The zero-order chi connectivity index (χ0) is 29.1. The van der Waals surface area contributed by atoms with E-state index < -0.39 is 0 Å². The van der Waals surface area contributed by atoms with Crippen LogP contribution < -0.4 is 0 Å². The maximum atomic E-state index is 7.93. The van der Waals surface area contributed by atoms with Crippen LogP contribution >= 0.6 is 0 Å². The molecule has 1 N–H and O–H groups in total. The van der Waals surface area contributed by atoms with Crippen molar-refractivity contribution in [1.29, 1.82) is 5.41 Å². The highest BCUT2D eigenvalue weighted by Crippen LogP contribution is 2.47. The van der Waals surface area contributed by atoms with Gasteiger partial charge in [-0.05, 0) is 70.2 Å². The van der Waals surface area contributed by atoms with Crippen LogP contribution in [0.2, 0.25) is 0 Å². The average Bonchev–Trinajstić information content (AvgIpc) is 3.34. The molecule has 1 aliphatic carbocycles. The molecule has 1 aliphatic rings. The Hall–Kier alpha value is -4.69. The minimum atomic E-state index is 0.362. The molecule has 41 heavy (non-hydrogen) atoms. The van der Waals surface area contributed by atoms with E-state index in [2.05, 4.69) is 117 Å². The quantitative estimate of drug-likeness (QED) is 0.166. The molecule has 1 unspecified atom stereocenters. The summed E-state index contributed by atoms with van der Waals surface area (Å²) in [5.74, 6) is 0.362. The van der Waals surface area contributed by atoms with Crippen LogP contribution in [0.5, 0.6) is 0 Å². The van der Waals surface area contributed by atoms with Crippen molar-refractivity contribution in [2.45, 2.75) is 40.0 Å². The van der Waals surface area contributed by atoms with Gasteiger partial charge < -0.3 is 9.98 Å². The molecule has 0 amide bonds. The van der Waals surface area contributed by atoms with Gasteiger partial charge in [0.25, 0.3) is 0 Å². The van der Waals surface area contributed by atoms with Crippen LogP contribution in [0.3, 0.4) is 0 Å². The Kier molecular flexibility index (Phi) is 8.03. The fraction of sp³-hybridized carbons (Fsp3) is 0.154. The normalized spacial score (nSPS) is 14.3. The van der Waals surface area contributed by atoms with Gasteiger partial charge in [-0.25, -0.2) is 0 Å². The summed E-state index contributed by atoms with van der Waals surface area (Å²) in [6.07, 6.45) is 12.3. The van der Waals surface area contributed by atoms with Crippen LogP contribution in [0.15, 0.2) is 104 Å². The number of fused-ring (bicyclic) bond motifs is 6. The van der Waals surface area contributed by atoms with Crippen LogP contribution in [0.4, 0.5) is 0 Å². The summed E-state index contributed by atoms with van der Waals surface area (Å²) in [5.41, 5.74) is 11.9. The predicted molar refractivity (Wildman–Crippen MR) is 181 cm³/mol. The van der Waals surface area contributed by atoms with Gasteiger partial charge >= 0.3 is 0 Å². The van der Waals surface area contributed by atoms with Crippen molar-refractivity contribution in [3.63, 3.8) is 0 Å². The molecule has 0 bridgehead atoms. The summed E-state index contributed by atoms with van der Waals surface area (Å²) in [6, 6.07) is 26.5. The number of nitrogens with one attached hydrogen (secondary N) is 1. The molecule has 6 rings (SSSR count). The van der Waals surface area contributed by atoms with Crippen molar-refractivity contribution in [2.75, 3.05) is 0 Å². The smallest absolute Gasteiger partial charge is 0.0576 e. The van der Waals surface area contributed by atoms with E-state index in [0.29, 0.717) is 5.92 Å². The number of benzene rings is 4. The highest BCUT2D eigenvalue weighted by Gasteiger charge is 2.29. The fourth-order valence-electron chi connectivity index (χ4n) is 6.31. The summed E-state index contributed by atoms with van der Waals surface area (Å²) >= 11 is 0. The number of hydrogen-bond acceptors (Lipinski definition) is 1. The van der Waals surface area contributed by atoms with Crippen LogP contribution in [0.25, 0.3) is 56.3 Å². The van der Waals surface area contributed by atoms with Gasteiger partial charge in [-0.3, -0.25) is 0 Å². The number of hydrogen-bond donors (Lipinski definition) is 1. The molecular weight excluding hydrogens is 496 g/mol. The molecule has 2 heteroatoms. The largest absolute Gasteiger partial charge is 0.308 e. The maximum absolute atomic E-state index is 7.93. The van der Waals surface area contributed by atoms with E-state index in [4.69, 9.17) is 5.41 Å². The monoisotopic (exact) mass is 534 g/mol. The summed E-state index contributed by atoms with van der Waals surface area (Å²) in [5, 5.41) is 11.7. The van der Waals surface area contributed by atoms with E-state index >= 15 is 0 Å². The molecule has 0 spiro atoms. The molecule has 1 atom stereocenters. The molecule has 2 nitrogen and oxygen atoms in total. The van der Waals surface area contributed by atoms with Gasteiger partial charge in [-0.2, -0.15) is 0 Å². The van der Waals surface area contributed by atoms with Crippen molar-refractivity contribution < 1.29 is 0 Å². The highest BCUT2D eigenvalue weighted by molar-refractivity contribution is 6.09. The molecular formula is C39H38N2. The van der Waals surface area contributed by atoms with E-state index in [1.54, 1.807) is 6.08 Å². The Bertz CT molecular complexity index is 1860. The molecule has 204 valence electrons. The predicted octanol–water partition coefficient (Wildman–Crippen LogP) is 11.0. The van der Waals surface area contributed by atoms with E-state index in [0.717, 1.165) is 28.7 Å². The molecule has 0 radical (unpaired) electrons. The lowest BCUT2D eigenvalue weighted by atomic mass is 9.80. The summed E-state index contributed by atoms with van der Waals surface area (Å²) in [4.78, 5) is 0. The maximum Gasteiger partial charge on any atom is 0.0576 e. The molecule has 4 aromatic carbocycles.